The van der Waals surface area contributed by atoms with Crippen LogP contribution in [0.5, 0.6) is 0 Å². The molecule has 5 nitrogen and oxygen atoms in total. The van der Waals surface area contributed by atoms with Crippen LogP contribution in [0.25, 0.3) is 0 Å². The van der Waals surface area contributed by atoms with Gasteiger partial charge >= 0.3 is 0 Å². The van der Waals surface area contributed by atoms with Gasteiger partial charge in [0.2, 0.25) is 0 Å². The van der Waals surface area contributed by atoms with Crippen LogP contribution in [0, 0.1) is 0 Å². The Hall–Kier alpha value is -3.48. The van der Waals surface area contributed by atoms with Crippen LogP contribution in [0.2, 0.25) is 5.02 Å². The lowest BCUT2D eigenvalue weighted by molar-refractivity contribution is 0.0945. The number of carbonyl (C=O) groups is 2. The standard InChI is InChI=1S/C26H19ClN2O3S/c27-19-6-3-5-17(13-19)16-29-22-14-18(25(30)28-15-20-7-4-12-32-20)10-11-24(22)33-23-9-2-1-8-21(23)26(29)31/h1-14H,15-16H2,(H,28,30). The molecule has 0 bridgehead atoms. The molecular weight excluding hydrogens is 456 g/mol. The van der Waals surface area contributed by atoms with Gasteiger partial charge in [-0.05, 0) is 60.2 Å². The lowest BCUT2D eigenvalue weighted by Gasteiger charge is -2.24. The van der Waals surface area contributed by atoms with Gasteiger partial charge in [0.1, 0.15) is 5.76 Å². The van der Waals surface area contributed by atoms with Crippen molar-refractivity contribution in [2.45, 2.75) is 22.9 Å². The Morgan fingerprint density at radius 1 is 0.970 bits per heavy atom. The molecule has 2 heterocycles. The van der Waals surface area contributed by atoms with Gasteiger partial charge in [-0.25, -0.2) is 0 Å². The van der Waals surface area contributed by atoms with Crippen molar-refractivity contribution in [3.8, 4) is 0 Å². The summed E-state index contributed by atoms with van der Waals surface area (Å²) in [5.41, 5.74) is 2.69. The molecule has 0 unspecified atom stereocenters. The molecule has 1 aliphatic heterocycles. The van der Waals surface area contributed by atoms with Crippen molar-refractivity contribution in [3.63, 3.8) is 0 Å². The Kier molecular flexibility index (Phi) is 5.94. The third-order valence-electron chi connectivity index (χ3n) is 5.33. The van der Waals surface area contributed by atoms with Crippen LogP contribution >= 0.6 is 23.4 Å². The molecule has 5 rings (SSSR count). The summed E-state index contributed by atoms with van der Waals surface area (Å²) in [7, 11) is 0. The Balaban J connectivity index is 1.52. The van der Waals surface area contributed by atoms with Crippen molar-refractivity contribution in [2.75, 3.05) is 4.90 Å². The molecule has 1 aliphatic rings. The Morgan fingerprint density at radius 3 is 2.67 bits per heavy atom. The first-order chi connectivity index (χ1) is 16.1. The first-order valence-electron chi connectivity index (χ1n) is 10.4. The average Bonchev–Trinajstić information content (AvgIpc) is 3.31. The third kappa shape index (κ3) is 4.53. The SMILES string of the molecule is O=C(NCc1ccco1)c1ccc2c(c1)N(Cc1cccc(Cl)c1)C(=O)c1ccccc1S2. The summed E-state index contributed by atoms with van der Waals surface area (Å²) in [6.07, 6.45) is 1.57. The van der Waals surface area contributed by atoms with Crippen LogP contribution in [0.4, 0.5) is 5.69 Å². The number of benzene rings is 3. The van der Waals surface area contributed by atoms with E-state index in [1.165, 1.54) is 11.8 Å². The second-order valence-electron chi connectivity index (χ2n) is 7.56. The highest BCUT2D eigenvalue weighted by Gasteiger charge is 2.28. The highest BCUT2D eigenvalue weighted by atomic mass is 35.5. The smallest absolute Gasteiger partial charge is 0.259 e. The van der Waals surface area contributed by atoms with Gasteiger partial charge in [0.05, 0.1) is 30.6 Å². The lowest BCUT2D eigenvalue weighted by atomic mass is 10.1. The molecule has 0 spiro atoms. The number of nitrogens with zero attached hydrogens (tertiary/aromatic N) is 1. The van der Waals surface area contributed by atoms with Crippen LogP contribution in [0.3, 0.4) is 0 Å². The normalized spacial score (nSPS) is 12.6. The second-order valence-corrected chi connectivity index (χ2v) is 9.08. The summed E-state index contributed by atoms with van der Waals surface area (Å²) in [4.78, 5) is 30.0. The largest absolute Gasteiger partial charge is 0.467 e. The quantitative estimate of drug-likeness (QED) is 0.375. The summed E-state index contributed by atoms with van der Waals surface area (Å²) in [5, 5.41) is 3.47. The van der Waals surface area contributed by atoms with Crippen LogP contribution < -0.4 is 10.2 Å². The predicted octanol–water partition coefficient (Wildman–Crippen LogP) is 6.17. The molecule has 2 amide bonds. The van der Waals surface area contributed by atoms with E-state index in [0.29, 0.717) is 34.1 Å². The molecule has 0 radical (unpaired) electrons. The molecular formula is C26H19ClN2O3S. The fourth-order valence-electron chi connectivity index (χ4n) is 3.72. The van der Waals surface area contributed by atoms with Gasteiger partial charge in [-0.2, -0.15) is 0 Å². The van der Waals surface area contributed by atoms with Crippen molar-refractivity contribution in [1.29, 1.82) is 0 Å². The lowest BCUT2D eigenvalue weighted by Crippen LogP contribution is -2.31. The molecule has 7 heteroatoms. The Morgan fingerprint density at radius 2 is 1.85 bits per heavy atom. The topological polar surface area (TPSA) is 62.6 Å². The van der Waals surface area contributed by atoms with E-state index < -0.39 is 0 Å². The zero-order valence-corrected chi connectivity index (χ0v) is 19.0. The van der Waals surface area contributed by atoms with E-state index in [-0.39, 0.29) is 18.4 Å². The fraction of sp³-hybridized carbons (Fsp3) is 0.0769. The molecule has 0 fully saturated rings. The molecule has 3 aromatic carbocycles. The highest BCUT2D eigenvalue weighted by Crippen LogP contribution is 2.42. The van der Waals surface area contributed by atoms with Crippen molar-refractivity contribution < 1.29 is 14.0 Å². The van der Waals surface area contributed by atoms with E-state index in [0.717, 1.165) is 15.4 Å². The van der Waals surface area contributed by atoms with Gasteiger partial charge in [-0.1, -0.05) is 47.6 Å². The minimum absolute atomic E-state index is 0.120. The van der Waals surface area contributed by atoms with Crippen molar-refractivity contribution in [1.82, 2.24) is 5.32 Å². The molecule has 0 saturated carbocycles. The van der Waals surface area contributed by atoms with Gasteiger partial charge < -0.3 is 14.6 Å². The number of hydrogen-bond donors (Lipinski definition) is 1. The number of rotatable bonds is 5. The number of hydrogen-bond acceptors (Lipinski definition) is 4. The minimum Gasteiger partial charge on any atom is -0.467 e. The zero-order chi connectivity index (χ0) is 22.8. The number of halogens is 1. The molecule has 1 N–H and O–H groups in total. The monoisotopic (exact) mass is 474 g/mol. The van der Waals surface area contributed by atoms with E-state index in [9.17, 15) is 9.59 Å². The maximum atomic E-state index is 13.6. The van der Waals surface area contributed by atoms with Crippen molar-refractivity contribution >= 4 is 40.9 Å². The number of furan rings is 1. The van der Waals surface area contributed by atoms with Crippen LogP contribution in [-0.2, 0) is 13.1 Å². The summed E-state index contributed by atoms with van der Waals surface area (Å²) >= 11 is 7.71. The van der Waals surface area contributed by atoms with E-state index in [4.69, 9.17) is 16.0 Å². The zero-order valence-electron chi connectivity index (χ0n) is 17.5. The molecule has 4 aromatic rings. The number of fused-ring (bicyclic) bond motifs is 2. The summed E-state index contributed by atoms with van der Waals surface area (Å²) in [6, 6.07) is 24.0. The molecule has 0 atom stereocenters. The van der Waals surface area contributed by atoms with Gasteiger partial charge in [-0.15, -0.1) is 0 Å². The maximum absolute atomic E-state index is 13.6. The van der Waals surface area contributed by atoms with E-state index in [2.05, 4.69) is 5.32 Å². The summed E-state index contributed by atoms with van der Waals surface area (Å²) < 4.78 is 5.29. The molecule has 33 heavy (non-hydrogen) atoms. The van der Waals surface area contributed by atoms with Crippen molar-refractivity contribution in [3.05, 3.63) is 113 Å². The molecule has 1 aromatic heterocycles. The van der Waals surface area contributed by atoms with Gasteiger partial charge in [-0.3, -0.25) is 9.59 Å². The highest BCUT2D eigenvalue weighted by molar-refractivity contribution is 7.99. The average molecular weight is 475 g/mol. The molecule has 0 saturated heterocycles. The number of amides is 2. The van der Waals surface area contributed by atoms with E-state index >= 15 is 0 Å². The summed E-state index contributed by atoms with van der Waals surface area (Å²) in [5.74, 6) is 0.308. The molecule has 164 valence electrons. The number of anilines is 1. The first-order valence-corrected chi connectivity index (χ1v) is 11.6. The minimum atomic E-state index is -0.240. The van der Waals surface area contributed by atoms with Crippen LogP contribution in [0.1, 0.15) is 32.0 Å². The first kappa shape index (κ1) is 21.4. The maximum Gasteiger partial charge on any atom is 0.259 e. The Labute approximate surface area is 200 Å². The predicted molar refractivity (Wildman–Crippen MR) is 129 cm³/mol. The third-order valence-corrected chi connectivity index (χ3v) is 6.70. The van der Waals surface area contributed by atoms with Crippen molar-refractivity contribution in [2.24, 2.45) is 0 Å². The number of carbonyl (C=O) groups excluding carboxylic acids is 2. The molecule has 0 aliphatic carbocycles. The number of nitrogens with one attached hydrogen (secondary N) is 1. The van der Waals surface area contributed by atoms with E-state index in [1.54, 1.807) is 41.5 Å². The fourth-order valence-corrected chi connectivity index (χ4v) is 4.99. The van der Waals surface area contributed by atoms with Crippen LogP contribution in [0.15, 0.2) is 99.3 Å². The summed E-state index contributed by atoms with van der Waals surface area (Å²) in [6.45, 7) is 0.618. The van der Waals surface area contributed by atoms with Gasteiger partial charge in [0.15, 0.2) is 0 Å². The Bertz CT molecular complexity index is 1340. The van der Waals surface area contributed by atoms with Gasteiger partial charge in [0.25, 0.3) is 11.8 Å². The van der Waals surface area contributed by atoms with Gasteiger partial charge in [0, 0.05) is 20.4 Å². The second kappa shape index (κ2) is 9.17. The van der Waals surface area contributed by atoms with Crippen LogP contribution in [-0.4, -0.2) is 11.8 Å². The van der Waals surface area contributed by atoms with E-state index in [1.807, 2.05) is 48.5 Å².